The van der Waals surface area contributed by atoms with Crippen LogP contribution in [0.3, 0.4) is 0 Å². The molecule has 1 aromatic carbocycles. The number of rotatable bonds is 5. The molecule has 1 N–H and O–H groups in total. The van der Waals surface area contributed by atoms with Crippen LogP contribution in [0.4, 0.5) is 8.78 Å². The Morgan fingerprint density at radius 1 is 1.31 bits per heavy atom. The number of carbonyl (C=O) groups excluding carboxylic acids is 1. The van der Waals surface area contributed by atoms with Gasteiger partial charge in [0.05, 0.1) is 23.1 Å². The molecule has 3 atom stereocenters. The molecule has 3 aromatic rings. The molecule has 1 aliphatic heterocycles. The van der Waals surface area contributed by atoms with E-state index in [-0.39, 0.29) is 36.8 Å². The molecule has 7 nitrogen and oxygen atoms in total. The van der Waals surface area contributed by atoms with Gasteiger partial charge in [-0.1, -0.05) is 0 Å². The van der Waals surface area contributed by atoms with Crippen molar-refractivity contribution in [2.75, 3.05) is 6.54 Å². The van der Waals surface area contributed by atoms with E-state index in [9.17, 15) is 13.6 Å². The fourth-order valence-electron chi connectivity index (χ4n) is 4.80. The van der Waals surface area contributed by atoms with E-state index in [2.05, 4.69) is 15.5 Å². The Morgan fingerprint density at radius 3 is 2.81 bits per heavy atom. The van der Waals surface area contributed by atoms with Gasteiger partial charge in [-0.05, 0) is 38.0 Å². The first-order valence-electron chi connectivity index (χ1n) is 11.0. The maximum atomic E-state index is 13.7. The largest absolute Gasteiger partial charge is 0.490 e. The van der Waals surface area contributed by atoms with Crippen LogP contribution in [0.25, 0.3) is 22.0 Å². The van der Waals surface area contributed by atoms with Crippen molar-refractivity contribution in [1.82, 2.24) is 24.9 Å². The van der Waals surface area contributed by atoms with Crippen molar-refractivity contribution in [3.63, 3.8) is 0 Å². The van der Waals surface area contributed by atoms with E-state index >= 15 is 0 Å². The minimum Gasteiger partial charge on any atom is -0.490 e. The Bertz CT molecular complexity index is 1180. The number of alkyl halides is 2. The van der Waals surface area contributed by atoms with Crippen LogP contribution in [0.2, 0.25) is 0 Å². The summed E-state index contributed by atoms with van der Waals surface area (Å²) in [5.74, 6) is -1.76. The number of hydrogen-bond acceptors (Lipinski definition) is 4. The monoisotopic (exact) mass is 443 g/mol. The maximum absolute atomic E-state index is 13.7. The summed E-state index contributed by atoms with van der Waals surface area (Å²) in [4.78, 5) is 11.6. The third-order valence-electron chi connectivity index (χ3n) is 6.86. The van der Waals surface area contributed by atoms with Gasteiger partial charge in [-0.15, -0.1) is 0 Å². The second-order valence-corrected chi connectivity index (χ2v) is 9.13. The number of ether oxygens (including phenoxy) is 1. The average molecular weight is 443 g/mol. The number of carbonyl (C=O) groups is 1. The fourth-order valence-corrected chi connectivity index (χ4v) is 4.80. The van der Waals surface area contributed by atoms with Crippen LogP contribution >= 0.6 is 0 Å². The van der Waals surface area contributed by atoms with Crippen molar-refractivity contribution in [1.29, 1.82) is 0 Å². The summed E-state index contributed by atoms with van der Waals surface area (Å²) in [5, 5.41) is 12.8. The number of aryl methyl sites for hydroxylation is 2. The highest BCUT2D eigenvalue weighted by atomic mass is 19.3. The molecule has 2 aliphatic rings. The van der Waals surface area contributed by atoms with Gasteiger partial charge in [0, 0.05) is 56.2 Å². The number of amides is 1. The summed E-state index contributed by atoms with van der Waals surface area (Å²) < 4.78 is 37.2. The van der Waals surface area contributed by atoms with Crippen molar-refractivity contribution in [3.8, 4) is 16.9 Å². The number of nitrogens with zero attached hydrogens (tertiary/aromatic N) is 4. The van der Waals surface area contributed by atoms with Gasteiger partial charge in [0.15, 0.2) is 0 Å². The van der Waals surface area contributed by atoms with Gasteiger partial charge >= 0.3 is 0 Å². The van der Waals surface area contributed by atoms with Crippen molar-refractivity contribution >= 4 is 16.8 Å². The molecule has 0 spiro atoms. The number of aromatic nitrogens is 4. The lowest BCUT2D eigenvalue weighted by atomic mass is 10.0. The summed E-state index contributed by atoms with van der Waals surface area (Å²) in [6, 6.07) is 3.65. The van der Waals surface area contributed by atoms with Crippen LogP contribution < -0.4 is 10.1 Å². The molecular formula is C23H27F2N5O2. The Kier molecular flexibility index (Phi) is 4.94. The van der Waals surface area contributed by atoms with Gasteiger partial charge < -0.3 is 10.1 Å². The topological polar surface area (TPSA) is 74.0 Å². The summed E-state index contributed by atoms with van der Waals surface area (Å²) in [6.07, 6.45) is 3.99. The quantitative estimate of drug-likeness (QED) is 0.647. The maximum Gasteiger partial charge on any atom is 0.250 e. The molecular weight excluding hydrogens is 416 g/mol. The molecule has 1 saturated carbocycles. The number of nitrogens with one attached hydrogen (secondary N) is 1. The number of benzene rings is 1. The van der Waals surface area contributed by atoms with Crippen molar-refractivity contribution in [2.45, 2.75) is 57.6 Å². The SMILES string of the molecule is Cc1c2c(OC(C)[C@H]3CNC(=O)C3)cc(-c3cnn(C4CCC(F)(F)C4)c3)cc2nn1C. The van der Waals surface area contributed by atoms with Crippen LogP contribution in [0.5, 0.6) is 5.75 Å². The van der Waals surface area contributed by atoms with Crippen molar-refractivity contribution in [2.24, 2.45) is 13.0 Å². The summed E-state index contributed by atoms with van der Waals surface area (Å²) in [7, 11) is 1.89. The van der Waals surface area contributed by atoms with Gasteiger partial charge in [-0.25, -0.2) is 8.78 Å². The van der Waals surface area contributed by atoms with E-state index in [1.54, 1.807) is 10.9 Å². The normalized spacial score (nSPS) is 23.6. The number of hydrogen-bond donors (Lipinski definition) is 1. The third kappa shape index (κ3) is 3.73. The summed E-state index contributed by atoms with van der Waals surface area (Å²) in [6.45, 7) is 4.58. The first kappa shape index (κ1) is 20.9. The molecule has 0 radical (unpaired) electrons. The average Bonchev–Trinajstić information content (AvgIpc) is 3.50. The van der Waals surface area contributed by atoms with Gasteiger partial charge in [0.2, 0.25) is 11.8 Å². The molecule has 1 aliphatic carbocycles. The lowest BCUT2D eigenvalue weighted by molar-refractivity contribution is -0.119. The van der Waals surface area contributed by atoms with Gasteiger partial charge in [0.25, 0.3) is 0 Å². The minimum absolute atomic E-state index is 0.0480. The lowest BCUT2D eigenvalue weighted by Gasteiger charge is -2.20. The highest BCUT2D eigenvalue weighted by Crippen LogP contribution is 2.42. The van der Waals surface area contributed by atoms with Gasteiger partial charge in [-0.3, -0.25) is 14.2 Å². The van der Waals surface area contributed by atoms with Gasteiger partial charge in [-0.2, -0.15) is 10.2 Å². The first-order valence-corrected chi connectivity index (χ1v) is 11.0. The van der Waals surface area contributed by atoms with E-state index in [0.29, 0.717) is 25.1 Å². The second-order valence-electron chi connectivity index (χ2n) is 9.13. The highest BCUT2D eigenvalue weighted by molar-refractivity contribution is 5.92. The Labute approximate surface area is 184 Å². The molecule has 1 amide bonds. The van der Waals surface area contributed by atoms with Gasteiger partial charge in [0.1, 0.15) is 11.9 Å². The molecule has 1 saturated heterocycles. The van der Waals surface area contributed by atoms with E-state index < -0.39 is 5.92 Å². The third-order valence-corrected chi connectivity index (χ3v) is 6.86. The number of halogens is 2. The Morgan fingerprint density at radius 2 is 2.12 bits per heavy atom. The molecule has 170 valence electrons. The zero-order valence-corrected chi connectivity index (χ0v) is 18.4. The standard InChI is InChI=1S/C23H27F2N5O2/c1-13-22-19(28-29(13)3)6-15(7-20(22)32-14(2)16-8-21(31)26-10-16)17-11-27-30(12-17)18-4-5-23(24,25)9-18/h6-7,11-12,14,16,18H,4-5,8-10H2,1-3H3,(H,26,31)/t14?,16-,18?/m1/s1. The van der Waals surface area contributed by atoms with Crippen LogP contribution in [0.1, 0.15) is 44.3 Å². The molecule has 2 aromatic heterocycles. The van der Waals surface area contributed by atoms with Crippen molar-refractivity contribution < 1.29 is 18.3 Å². The Hall–Kier alpha value is -2.97. The Balaban J connectivity index is 1.49. The lowest BCUT2D eigenvalue weighted by Crippen LogP contribution is -2.25. The zero-order chi connectivity index (χ0) is 22.6. The molecule has 9 heteroatoms. The van der Waals surface area contributed by atoms with E-state index in [1.165, 1.54) is 0 Å². The molecule has 2 unspecified atom stereocenters. The zero-order valence-electron chi connectivity index (χ0n) is 18.4. The van der Waals surface area contributed by atoms with Crippen LogP contribution in [-0.4, -0.2) is 44.0 Å². The fraction of sp³-hybridized carbons (Fsp3) is 0.522. The molecule has 2 fully saturated rings. The highest BCUT2D eigenvalue weighted by Gasteiger charge is 2.40. The predicted molar refractivity (Wildman–Crippen MR) is 116 cm³/mol. The van der Waals surface area contributed by atoms with Crippen LogP contribution in [0, 0.1) is 12.8 Å². The summed E-state index contributed by atoms with van der Waals surface area (Å²) in [5.41, 5.74) is 3.48. The van der Waals surface area contributed by atoms with Crippen LogP contribution in [-0.2, 0) is 11.8 Å². The number of fused-ring (bicyclic) bond motifs is 1. The van der Waals surface area contributed by atoms with E-state index in [1.807, 2.05) is 43.9 Å². The molecule has 5 rings (SSSR count). The van der Waals surface area contributed by atoms with Crippen LogP contribution in [0.15, 0.2) is 24.5 Å². The molecule has 3 heterocycles. The van der Waals surface area contributed by atoms with E-state index in [4.69, 9.17) is 4.74 Å². The minimum atomic E-state index is -2.62. The first-order chi connectivity index (χ1) is 15.2. The summed E-state index contributed by atoms with van der Waals surface area (Å²) >= 11 is 0. The van der Waals surface area contributed by atoms with E-state index in [0.717, 1.165) is 27.7 Å². The predicted octanol–water partition coefficient (Wildman–Crippen LogP) is 4.01. The molecule has 0 bridgehead atoms. The van der Waals surface area contributed by atoms with Crippen molar-refractivity contribution in [3.05, 3.63) is 30.2 Å². The smallest absolute Gasteiger partial charge is 0.250 e. The molecule has 32 heavy (non-hydrogen) atoms. The second kappa shape index (κ2) is 7.56.